The molecule has 0 amide bonds. The molecule has 0 fully saturated rings. The summed E-state index contributed by atoms with van der Waals surface area (Å²) in [4.78, 5) is 11.2. The SMILES string of the molecule is CC(C)(C)c1cc(C(=O)O)c(O)c(C(C)(C)C)c1.[H-].[Li+]. The number of phenols is 1. The van der Waals surface area contributed by atoms with Gasteiger partial charge in [-0.05, 0) is 22.5 Å². The first kappa shape index (κ1) is 18.1. The van der Waals surface area contributed by atoms with E-state index in [1.165, 1.54) is 0 Å². The van der Waals surface area contributed by atoms with Crippen molar-refractivity contribution in [3.63, 3.8) is 0 Å². The van der Waals surface area contributed by atoms with Crippen LogP contribution >= 0.6 is 0 Å². The Morgan fingerprint density at radius 2 is 1.53 bits per heavy atom. The Balaban J connectivity index is 0. The van der Waals surface area contributed by atoms with Crippen LogP contribution in [0.1, 0.15) is 64.5 Å². The maximum absolute atomic E-state index is 11.2. The second-order valence-corrected chi connectivity index (χ2v) is 6.73. The summed E-state index contributed by atoms with van der Waals surface area (Å²) in [5.74, 6) is -1.22. The molecule has 19 heavy (non-hydrogen) atoms. The van der Waals surface area contributed by atoms with E-state index >= 15 is 0 Å². The van der Waals surface area contributed by atoms with Crippen molar-refractivity contribution in [1.82, 2.24) is 0 Å². The molecule has 0 spiro atoms. The zero-order valence-electron chi connectivity index (χ0n) is 14.0. The minimum Gasteiger partial charge on any atom is -1.00 e. The van der Waals surface area contributed by atoms with Crippen molar-refractivity contribution in [2.45, 2.75) is 52.4 Å². The van der Waals surface area contributed by atoms with Gasteiger partial charge in [-0.25, -0.2) is 4.79 Å². The van der Waals surface area contributed by atoms with Crippen LogP contribution in [-0.2, 0) is 10.8 Å². The van der Waals surface area contributed by atoms with Crippen molar-refractivity contribution in [2.75, 3.05) is 0 Å². The summed E-state index contributed by atoms with van der Waals surface area (Å²) in [7, 11) is 0. The van der Waals surface area contributed by atoms with Gasteiger partial charge in [-0.15, -0.1) is 0 Å². The summed E-state index contributed by atoms with van der Waals surface area (Å²) >= 11 is 0. The molecule has 1 rings (SSSR count). The maximum atomic E-state index is 11.2. The van der Waals surface area contributed by atoms with Gasteiger partial charge in [-0.1, -0.05) is 47.6 Å². The maximum Gasteiger partial charge on any atom is 1.00 e. The van der Waals surface area contributed by atoms with Gasteiger partial charge in [-0.3, -0.25) is 0 Å². The van der Waals surface area contributed by atoms with Crippen LogP contribution in [0.2, 0.25) is 0 Å². The molecule has 0 atom stereocenters. The monoisotopic (exact) mass is 258 g/mol. The van der Waals surface area contributed by atoms with E-state index in [1.54, 1.807) is 6.07 Å². The Morgan fingerprint density at radius 1 is 1.05 bits per heavy atom. The smallest absolute Gasteiger partial charge is 1.00 e. The van der Waals surface area contributed by atoms with Crippen molar-refractivity contribution in [3.05, 3.63) is 28.8 Å². The minimum absolute atomic E-state index is 0. The van der Waals surface area contributed by atoms with Gasteiger partial charge in [0, 0.05) is 5.56 Å². The van der Waals surface area contributed by atoms with Gasteiger partial charge in [0.2, 0.25) is 0 Å². The second kappa shape index (κ2) is 5.61. The minimum atomic E-state index is -1.09. The van der Waals surface area contributed by atoms with E-state index in [0.29, 0.717) is 5.56 Å². The first-order chi connectivity index (χ1) is 7.94. The third-order valence-electron chi connectivity index (χ3n) is 3.01. The fourth-order valence-corrected chi connectivity index (χ4v) is 1.80. The molecule has 0 saturated carbocycles. The third kappa shape index (κ3) is 4.02. The number of aromatic carboxylic acids is 1. The molecule has 0 aliphatic heterocycles. The number of hydrogen-bond donors (Lipinski definition) is 2. The Kier molecular flexibility index (Phi) is 5.34. The number of carboxylic acids is 1. The zero-order chi connectivity index (χ0) is 14.3. The number of hydrogen-bond acceptors (Lipinski definition) is 2. The largest absolute Gasteiger partial charge is 1.00 e. The normalized spacial score (nSPS) is 11.9. The Hall–Kier alpha value is -0.913. The Bertz CT molecular complexity index is 485. The Morgan fingerprint density at radius 3 is 1.84 bits per heavy atom. The molecule has 0 saturated heterocycles. The van der Waals surface area contributed by atoms with Crippen molar-refractivity contribution in [3.8, 4) is 5.75 Å². The molecule has 1 aromatic carbocycles. The molecule has 102 valence electrons. The standard InChI is InChI=1S/C15H22O3.Li.H/c1-14(2,3)9-7-10(13(17)18)12(16)11(8-9)15(4,5)6;;/h7-8,16H,1-6H3,(H,17,18);;/q;+1;-1. The summed E-state index contributed by atoms with van der Waals surface area (Å²) in [5, 5.41) is 19.3. The van der Waals surface area contributed by atoms with Crippen molar-refractivity contribution < 1.29 is 35.3 Å². The first-order valence-corrected chi connectivity index (χ1v) is 6.06. The van der Waals surface area contributed by atoms with E-state index in [-0.39, 0.29) is 42.4 Å². The van der Waals surface area contributed by atoms with E-state index in [4.69, 9.17) is 0 Å². The molecule has 1 aromatic rings. The third-order valence-corrected chi connectivity index (χ3v) is 3.01. The molecule has 0 aliphatic carbocycles. The van der Waals surface area contributed by atoms with Crippen LogP contribution in [-0.4, -0.2) is 16.2 Å². The molecule has 3 nitrogen and oxygen atoms in total. The van der Waals surface area contributed by atoms with E-state index < -0.39 is 5.97 Å². The number of carboxylic acid groups (broad SMARTS) is 1. The molecular weight excluding hydrogens is 235 g/mol. The zero-order valence-corrected chi connectivity index (χ0v) is 13.0. The quantitative estimate of drug-likeness (QED) is 0.733. The summed E-state index contributed by atoms with van der Waals surface area (Å²) < 4.78 is 0. The second-order valence-electron chi connectivity index (χ2n) is 6.73. The van der Waals surface area contributed by atoms with E-state index in [0.717, 1.165) is 5.56 Å². The fourth-order valence-electron chi connectivity index (χ4n) is 1.80. The number of carbonyl (C=O) groups is 1. The summed E-state index contributed by atoms with van der Waals surface area (Å²) in [6.07, 6.45) is 0. The molecule has 0 bridgehead atoms. The number of benzene rings is 1. The predicted octanol–water partition coefficient (Wildman–Crippen LogP) is 0.802. The van der Waals surface area contributed by atoms with Crippen LogP contribution in [0.5, 0.6) is 5.75 Å². The molecule has 2 N–H and O–H groups in total. The van der Waals surface area contributed by atoms with Crippen LogP contribution in [0.3, 0.4) is 0 Å². The van der Waals surface area contributed by atoms with Gasteiger partial charge in [0.25, 0.3) is 0 Å². The van der Waals surface area contributed by atoms with Gasteiger partial charge >= 0.3 is 24.8 Å². The summed E-state index contributed by atoms with van der Waals surface area (Å²) in [5.41, 5.74) is 1.12. The molecule has 0 radical (unpaired) electrons. The van der Waals surface area contributed by atoms with Gasteiger partial charge in [0.1, 0.15) is 11.3 Å². The average Bonchev–Trinajstić information content (AvgIpc) is 2.13. The van der Waals surface area contributed by atoms with Gasteiger partial charge < -0.3 is 11.6 Å². The van der Waals surface area contributed by atoms with Gasteiger partial charge in [0.15, 0.2) is 0 Å². The van der Waals surface area contributed by atoms with E-state index in [1.807, 2.05) is 47.6 Å². The molecule has 0 heterocycles. The van der Waals surface area contributed by atoms with Crippen LogP contribution in [0.4, 0.5) is 0 Å². The van der Waals surface area contributed by atoms with Gasteiger partial charge in [-0.2, -0.15) is 0 Å². The molecule has 0 unspecified atom stereocenters. The number of aromatic hydroxyl groups is 1. The van der Waals surface area contributed by atoms with Crippen LogP contribution < -0.4 is 18.9 Å². The topological polar surface area (TPSA) is 57.5 Å². The first-order valence-electron chi connectivity index (χ1n) is 6.06. The predicted molar refractivity (Wildman–Crippen MR) is 73.6 cm³/mol. The van der Waals surface area contributed by atoms with Crippen LogP contribution in [0.15, 0.2) is 12.1 Å². The fraction of sp³-hybridized carbons (Fsp3) is 0.533. The van der Waals surface area contributed by atoms with Crippen molar-refractivity contribution >= 4 is 5.97 Å². The molecule has 4 heteroatoms. The molecule has 0 aliphatic rings. The average molecular weight is 258 g/mol. The van der Waals surface area contributed by atoms with Crippen LogP contribution in [0, 0.1) is 0 Å². The molecule has 0 aromatic heterocycles. The van der Waals surface area contributed by atoms with Crippen molar-refractivity contribution in [1.29, 1.82) is 0 Å². The number of rotatable bonds is 1. The summed E-state index contributed by atoms with van der Waals surface area (Å²) in [6, 6.07) is 3.47. The Labute approximate surface area is 128 Å². The van der Waals surface area contributed by atoms with Crippen molar-refractivity contribution in [2.24, 2.45) is 0 Å². The van der Waals surface area contributed by atoms with Gasteiger partial charge in [0.05, 0.1) is 0 Å². The van der Waals surface area contributed by atoms with E-state index in [9.17, 15) is 15.0 Å². The molecular formula is C15H23LiO3. The van der Waals surface area contributed by atoms with Crippen LogP contribution in [0.25, 0.3) is 0 Å². The summed E-state index contributed by atoms with van der Waals surface area (Å²) in [6.45, 7) is 12.0. The van der Waals surface area contributed by atoms with E-state index in [2.05, 4.69) is 0 Å².